The average Bonchev–Trinajstić information content (AvgIpc) is 2.80. The summed E-state index contributed by atoms with van der Waals surface area (Å²) in [5, 5.41) is 5.56. The predicted molar refractivity (Wildman–Crippen MR) is 77.0 cm³/mol. The number of rotatable bonds is 8. The lowest BCUT2D eigenvalue weighted by atomic mass is 9.94. The topological polar surface area (TPSA) is 75.3 Å². The minimum absolute atomic E-state index is 0.00240. The Kier molecular flexibility index (Phi) is 6.68. The van der Waals surface area contributed by atoms with Crippen LogP contribution in [0.1, 0.15) is 52.9 Å². The largest absolute Gasteiger partial charge is 0.356 e. The van der Waals surface area contributed by atoms with E-state index in [1.807, 2.05) is 0 Å². The van der Waals surface area contributed by atoms with E-state index in [1.54, 1.807) is 6.92 Å². The highest BCUT2D eigenvalue weighted by atomic mass is 16.2. The van der Waals surface area contributed by atoms with Crippen molar-refractivity contribution in [1.29, 1.82) is 0 Å². The summed E-state index contributed by atoms with van der Waals surface area (Å²) in [7, 11) is 0. The molecule has 0 saturated carbocycles. The number of nitrogens with one attached hydrogen (secondary N) is 2. The Balaban J connectivity index is 2.53. The molecule has 114 valence electrons. The maximum atomic E-state index is 11.9. The first-order chi connectivity index (χ1) is 9.43. The van der Waals surface area contributed by atoms with Gasteiger partial charge in [0.2, 0.25) is 11.8 Å². The summed E-state index contributed by atoms with van der Waals surface area (Å²) < 4.78 is 0. The van der Waals surface area contributed by atoms with Gasteiger partial charge in [-0.3, -0.25) is 14.4 Å². The van der Waals surface area contributed by atoms with Crippen LogP contribution in [-0.2, 0) is 14.4 Å². The van der Waals surface area contributed by atoms with E-state index in [0.29, 0.717) is 31.7 Å². The van der Waals surface area contributed by atoms with Gasteiger partial charge in [-0.25, -0.2) is 0 Å². The highest BCUT2D eigenvalue weighted by Gasteiger charge is 2.30. The molecule has 2 amide bonds. The Morgan fingerprint density at radius 2 is 2.10 bits per heavy atom. The van der Waals surface area contributed by atoms with Crippen LogP contribution in [0.3, 0.4) is 0 Å². The first-order valence-corrected chi connectivity index (χ1v) is 7.53. The molecule has 0 aromatic carbocycles. The van der Waals surface area contributed by atoms with Gasteiger partial charge in [0, 0.05) is 25.3 Å². The van der Waals surface area contributed by atoms with Crippen LogP contribution in [0, 0.1) is 11.8 Å². The predicted octanol–water partition coefficient (Wildman–Crippen LogP) is 1.41. The fourth-order valence-corrected chi connectivity index (χ4v) is 2.36. The average molecular weight is 282 g/mol. The number of carbonyl (C=O) groups excluding carboxylic acids is 3. The standard InChI is InChI=1S/C15H26N2O3/c1-4-13(18)12(9-11-7-8-16-15(11)20)17-14(19)6-5-10(2)3/h10-12H,4-9H2,1-3H3,(H,16,20)(H,17,19)/t11-,12-/m0/s1. The van der Waals surface area contributed by atoms with E-state index in [-0.39, 0.29) is 23.5 Å². The summed E-state index contributed by atoms with van der Waals surface area (Å²) in [5.41, 5.74) is 0. The Bertz CT molecular complexity index is 366. The van der Waals surface area contributed by atoms with Crippen LogP contribution in [0.2, 0.25) is 0 Å². The Morgan fingerprint density at radius 3 is 2.60 bits per heavy atom. The van der Waals surface area contributed by atoms with Crippen LogP contribution in [0.5, 0.6) is 0 Å². The van der Waals surface area contributed by atoms with Crippen molar-refractivity contribution >= 4 is 17.6 Å². The highest BCUT2D eigenvalue weighted by molar-refractivity contribution is 5.90. The zero-order valence-corrected chi connectivity index (χ0v) is 12.7. The molecule has 1 heterocycles. The van der Waals surface area contributed by atoms with Crippen molar-refractivity contribution in [2.75, 3.05) is 6.54 Å². The molecule has 1 fully saturated rings. The molecule has 5 heteroatoms. The summed E-state index contributed by atoms with van der Waals surface area (Å²) in [6.07, 6.45) is 2.79. The fraction of sp³-hybridized carbons (Fsp3) is 0.800. The lowest BCUT2D eigenvalue weighted by molar-refractivity contribution is -0.129. The lowest BCUT2D eigenvalue weighted by Crippen LogP contribution is -2.42. The SMILES string of the molecule is CCC(=O)[C@H](C[C@@H]1CCNC1=O)NC(=O)CCC(C)C. The Hall–Kier alpha value is -1.39. The molecule has 2 N–H and O–H groups in total. The number of Topliss-reactive ketones (excluding diaryl/α,β-unsaturated/α-hetero) is 1. The summed E-state index contributed by atoms with van der Waals surface area (Å²) in [4.78, 5) is 35.4. The maximum absolute atomic E-state index is 11.9. The van der Waals surface area contributed by atoms with Gasteiger partial charge in [0.1, 0.15) is 0 Å². The van der Waals surface area contributed by atoms with Crippen molar-refractivity contribution in [2.24, 2.45) is 11.8 Å². The Morgan fingerprint density at radius 1 is 1.40 bits per heavy atom. The number of hydrogen-bond donors (Lipinski definition) is 2. The zero-order chi connectivity index (χ0) is 15.1. The van der Waals surface area contributed by atoms with Crippen LogP contribution in [0.4, 0.5) is 0 Å². The molecule has 0 radical (unpaired) electrons. The molecular formula is C15H26N2O3. The quantitative estimate of drug-likeness (QED) is 0.707. The lowest BCUT2D eigenvalue weighted by Gasteiger charge is -2.19. The third-order valence-corrected chi connectivity index (χ3v) is 3.70. The number of ketones is 1. The summed E-state index contributed by atoms with van der Waals surface area (Å²) in [6.45, 7) is 6.57. The van der Waals surface area contributed by atoms with Crippen molar-refractivity contribution in [2.45, 2.75) is 58.9 Å². The summed E-state index contributed by atoms with van der Waals surface area (Å²) in [5.74, 6) is 0.212. The van der Waals surface area contributed by atoms with Gasteiger partial charge in [-0.05, 0) is 25.2 Å². The molecule has 5 nitrogen and oxygen atoms in total. The molecule has 0 aromatic heterocycles. The molecule has 20 heavy (non-hydrogen) atoms. The van der Waals surface area contributed by atoms with Crippen molar-refractivity contribution in [1.82, 2.24) is 10.6 Å². The second-order valence-corrected chi connectivity index (χ2v) is 5.88. The van der Waals surface area contributed by atoms with Gasteiger partial charge in [-0.15, -0.1) is 0 Å². The number of hydrogen-bond acceptors (Lipinski definition) is 3. The number of amides is 2. The van der Waals surface area contributed by atoms with E-state index in [1.165, 1.54) is 0 Å². The molecule has 1 rings (SSSR count). The van der Waals surface area contributed by atoms with Crippen molar-refractivity contribution < 1.29 is 14.4 Å². The van der Waals surface area contributed by atoms with Crippen LogP contribution in [0.15, 0.2) is 0 Å². The third kappa shape index (κ3) is 5.31. The van der Waals surface area contributed by atoms with Crippen molar-refractivity contribution in [3.63, 3.8) is 0 Å². The maximum Gasteiger partial charge on any atom is 0.223 e. The second kappa shape index (κ2) is 8.02. The van der Waals surface area contributed by atoms with Gasteiger partial charge in [0.15, 0.2) is 5.78 Å². The monoisotopic (exact) mass is 282 g/mol. The van der Waals surface area contributed by atoms with E-state index < -0.39 is 6.04 Å². The minimum atomic E-state index is -0.520. The van der Waals surface area contributed by atoms with E-state index in [0.717, 1.165) is 12.8 Å². The molecular weight excluding hydrogens is 256 g/mol. The van der Waals surface area contributed by atoms with Crippen LogP contribution < -0.4 is 10.6 Å². The molecule has 1 aliphatic heterocycles. The normalized spacial score (nSPS) is 19.8. The molecule has 1 aliphatic rings. The van der Waals surface area contributed by atoms with E-state index in [2.05, 4.69) is 24.5 Å². The van der Waals surface area contributed by atoms with Crippen molar-refractivity contribution in [3.05, 3.63) is 0 Å². The summed E-state index contributed by atoms with van der Waals surface area (Å²) in [6, 6.07) is -0.520. The van der Waals surface area contributed by atoms with E-state index >= 15 is 0 Å². The van der Waals surface area contributed by atoms with Gasteiger partial charge < -0.3 is 10.6 Å². The molecule has 0 bridgehead atoms. The summed E-state index contributed by atoms with van der Waals surface area (Å²) >= 11 is 0. The highest BCUT2D eigenvalue weighted by Crippen LogP contribution is 2.17. The van der Waals surface area contributed by atoms with E-state index in [9.17, 15) is 14.4 Å². The first kappa shape index (κ1) is 16.7. The molecule has 1 saturated heterocycles. The van der Waals surface area contributed by atoms with Crippen LogP contribution in [0.25, 0.3) is 0 Å². The molecule has 0 unspecified atom stereocenters. The van der Waals surface area contributed by atoms with Gasteiger partial charge in [0.25, 0.3) is 0 Å². The van der Waals surface area contributed by atoms with Gasteiger partial charge in [-0.1, -0.05) is 20.8 Å². The number of carbonyl (C=O) groups is 3. The fourth-order valence-electron chi connectivity index (χ4n) is 2.36. The zero-order valence-electron chi connectivity index (χ0n) is 12.7. The van der Waals surface area contributed by atoms with Crippen molar-refractivity contribution in [3.8, 4) is 0 Å². The first-order valence-electron chi connectivity index (χ1n) is 7.53. The molecule has 0 aliphatic carbocycles. The van der Waals surface area contributed by atoms with Gasteiger partial charge >= 0.3 is 0 Å². The Labute approximate surface area is 120 Å². The van der Waals surface area contributed by atoms with Crippen LogP contribution in [-0.4, -0.2) is 30.2 Å². The van der Waals surface area contributed by atoms with Gasteiger partial charge in [0.05, 0.1) is 6.04 Å². The molecule has 0 spiro atoms. The smallest absolute Gasteiger partial charge is 0.223 e. The molecule has 0 aromatic rings. The second-order valence-electron chi connectivity index (χ2n) is 5.88. The molecule has 2 atom stereocenters. The third-order valence-electron chi connectivity index (χ3n) is 3.70. The van der Waals surface area contributed by atoms with E-state index in [4.69, 9.17) is 0 Å². The van der Waals surface area contributed by atoms with Crippen LogP contribution >= 0.6 is 0 Å². The minimum Gasteiger partial charge on any atom is -0.356 e. The van der Waals surface area contributed by atoms with Gasteiger partial charge in [-0.2, -0.15) is 0 Å².